The maximum absolute atomic E-state index is 8.98. The summed E-state index contributed by atoms with van der Waals surface area (Å²) >= 11 is 0. The quantitative estimate of drug-likeness (QED) is 0.738. The van der Waals surface area contributed by atoms with Gasteiger partial charge in [-0.1, -0.05) is 6.92 Å². The van der Waals surface area contributed by atoms with Crippen molar-refractivity contribution >= 4 is 0 Å². The molecule has 1 aliphatic rings. The van der Waals surface area contributed by atoms with Crippen LogP contribution in [0.1, 0.15) is 26.2 Å². The molecule has 1 fully saturated rings. The second-order valence-electron chi connectivity index (χ2n) is 5.54. The normalized spacial score (nSPS) is 19.9. The van der Waals surface area contributed by atoms with E-state index in [1.807, 2.05) is 6.92 Å². The predicted octanol–water partition coefficient (Wildman–Crippen LogP) is 1.15. The molecule has 0 saturated carbocycles. The molecular formula is C14H28N4. The maximum Gasteiger partial charge on any atom is 0.0965 e. The lowest BCUT2D eigenvalue weighted by molar-refractivity contribution is 0.174. The van der Waals surface area contributed by atoms with Crippen LogP contribution in [0.15, 0.2) is 0 Å². The number of likely N-dealkylation sites (tertiary alicyclic amines) is 1. The summed E-state index contributed by atoms with van der Waals surface area (Å²) in [6.07, 6.45) is 3.55. The first-order chi connectivity index (χ1) is 8.65. The SMILES string of the molecule is CCNC(C#N)CCN(C)CC1CCN(C)CC1. The molecule has 0 radical (unpaired) electrons. The molecule has 104 valence electrons. The zero-order valence-electron chi connectivity index (χ0n) is 12.2. The average Bonchev–Trinajstić information content (AvgIpc) is 2.37. The first-order valence-corrected chi connectivity index (χ1v) is 7.15. The number of nitrogens with one attached hydrogen (secondary N) is 1. The standard InChI is InChI=1S/C14H28N4/c1-4-16-14(11-15)7-10-18(3)12-13-5-8-17(2)9-6-13/h13-14,16H,4-10,12H2,1-3H3. The van der Waals surface area contributed by atoms with Crippen molar-refractivity contribution in [3.05, 3.63) is 0 Å². The van der Waals surface area contributed by atoms with E-state index in [-0.39, 0.29) is 6.04 Å². The smallest absolute Gasteiger partial charge is 0.0965 e. The fraction of sp³-hybridized carbons (Fsp3) is 0.929. The molecule has 4 heteroatoms. The number of rotatable bonds is 7. The van der Waals surface area contributed by atoms with Crippen LogP contribution in [0.3, 0.4) is 0 Å². The Morgan fingerprint density at radius 3 is 2.67 bits per heavy atom. The monoisotopic (exact) mass is 252 g/mol. The lowest BCUT2D eigenvalue weighted by atomic mass is 9.96. The minimum atomic E-state index is 0.00920. The average molecular weight is 252 g/mol. The third-order valence-corrected chi connectivity index (χ3v) is 3.81. The van der Waals surface area contributed by atoms with Crippen LogP contribution in [0.5, 0.6) is 0 Å². The van der Waals surface area contributed by atoms with Crippen LogP contribution in [-0.4, -0.2) is 62.7 Å². The van der Waals surface area contributed by atoms with Gasteiger partial charge in [0.2, 0.25) is 0 Å². The van der Waals surface area contributed by atoms with Crippen LogP contribution in [0.25, 0.3) is 0 Å². The second kappa shape index (κ2) is 8.47. The zero-order chi connectivity index (χ0) is 13.4. The molecule has 1 N–H and O–H groups in total. The van der Waals surface area contributed by atoms with E-state index in [0.29, 0.717) is 0 Å². The second-order valence-corrected chi connectivity index (χ2v) is 5.54. The van der Waals surface area contributed by atoms with Gasteiger partial charge >= 0.3 is 0 Å². The molecule has 0 aliphatic carbocycles. The van der Waals surface area contributed by atoms with E-state index in [0.717, 1.165) is 25.4 Å². The molecule has 0 aromatic heterocycles. The summed E-state index contributed by atoms with van der Waals surface area (Å²) < 4.78 is 0. The fourth-order valence-electron chi connectivity index (χ4n) is 2.58. The Morgan fingerprint density at radius 1 is 1.44 bits per heavy atom. The maximum atomic E-state index is 8.98. The number of nitrogens with zero attached hydrogens (tertiary/aromatic N) is 3. The number of hydrogen-bond acceptors (Lipinski definition) is 4. The Morgan fingerprint density at radius 2 is 2.11 bits per heavy atom. The summed E-state index contributed by atoms with van der Waals surface area (Å²) in [6.45, 7) is 7.58. The summed E-state index contributed by atoms with van der Waals surface area (Å²) in [6, 6.07) is 2.33. The highest BCUT2D eigenvalue weighted by atomic mass is 15.1. The Hall–Kier alpha value is -0.630. The lowest BCUT2D eigenvalue weighted by Crippen LogP contribution is -2.37. The van der Waals surface area contributed by atoms with Crippen LogP contribution in [-0.2, 0) is 0 Å². The molecule has 1 aliphatic heterocycles. The summed E-state index contributed by atoms with van der Waals surface area (Å²) in [5, 5.41) is 12.2. The van der Waals surface area contributed by atoms with Gasteiger partial charge in [0.25, 0.3) is 0 Å². The van der Waals surface area contributed by atoms with Gasteiger partial charge in [-0.15, -0.1) is 0 Å². The third kappa shape index (κ3) is 5.81. The van der Waals surface area contributed by atoms with Gasteiger partial charge < -0.3 is 15.1 Å². The molecule has 0 spiro atoms. The first-order valence-electron chi connectivity index (χ1n) is 7.15. The van der Waals surface area contributed by atoms with Crippen molar-refractivity contribution in [3.63, 3.8) is 0 Å². The molecule has 4 nitrogen and oxygen atoms in total. The Labute approximate surface area is 112 Å². The van der Waals surface area contributed by atoms with Crippen molar-refractivity contribution in [1.82, 2.24) is 15.1 Å². The molecule has 0 bridgehead atoms. The molecule has 1 rings (SSSR count). The van der Waals surface area contributed by atoms with Crippen molar-refractivity contribution in [2.24, 2.45) is 5.92 Å². The minimum Gasteiger partial charge on any atom is -0.306 e. The number of piperidine rings is 1. The van der Waals surface area contributed by atoms with Crippen LogP contribution >= 0.6 is 0 Å². The molecule has 0 amide bonds. The number of hydrogen-bond donors (Lipinski definition) is 1. The molecule has 18 heavy (non-hydrogen) atoms. The van der Waals surface area contributed by atoms with Crippen LogP contribution < -0.4 is 5.32 Å². The summed E-state index contributed by atoms with van der Waals surface area (Å²) in [5.74, 6) is 0.839. The Kier molecular flexibility index (Phi) is 7.26. The lowest BCUT2D eigenvalue weighted by Gasteiger charge is -2.31. The van der Waals surface area contributed by atoms with Crippen molar-refractivity contribution in [3.8, 4) is 6.07 Å². The largest absolute Gasteiger partial charge is 0.306 e. The van der Waals surface area contributed by atoms with Gasteiger partial charge in [0.05, 0.1) is 12.1 Å². The zero-order valence-corrected chi connectivity index (χ0v) is 12.2. The topological polar surface area (TPSA) is 42.3 Å². The Balaban J connectivity index is 2.17. The molecule has 1 atom stereocenters. The molecule has 1 unspecified atom stereocenters. The van der Waals surface area contributed by atoms with Gasteiger partial charge in [-0.25, -0.2) is 0 Å². The summed E-state index contributed by atoms with van der Waals surface area (Å²) in [5.41, 5.74) is 0. The number of nitriles is 1. The van der Waals surface area contributed by atoms with Crippen LogP contribution in [0, 0.1) is 17.2 Å². The highest BCUT2D eigenvalue weighted by molar-refractivity contribution is 4.89. The predicted molar refractivity (Wildman–Crippen MR) is 75.4 cm³/mol. The fourth-order valence-corrected chi connectivity index (χ4v) is 2.58. The van der Waals surface area contributed by atoms with E-state index in [1.54, 1.807) is 0 Å². The molecule has 1 heterocycles. The van der Waals surface area contributed by atoms with Gasteiger partial charge in [0.1, 0.15) is 0 Å². The van der Waals surface area contributed by atoms with E-state index in [9.17, 15) is 0 Å². The van der Waals surface area contributed by atoms with Gasteiger partial charge in [0, 0.05) is 13.1 Å². The van der Waals surface area contributed by atoms with Gasteiger partial charge in [-0.3, -0.25) is 0 Å². The van der Waals surface area contributed by atoms with Gasteiger partial charge in [0.15, 0.2) is 0 Å². The highest BCUT2D eigenvalue weighted by Crippen LogP contribution is 2.16. The third-order valence-electron chi connectivity index (χ3n) is 3.81. The van der Waals surface area contributed by atoms with Crippen molar-refractivity contribution in [2.75, 3.05) is 46.8 Å². The van der Waals surface area contributed by atoms with Crippen LogP contribution in [0.2, 0.25) is 0 Å². The minimum absolute atomic E-state index is 0.00920. The summed E-state index contributed by atoms with van der Waals surface area (Å²) in [4.78, 5) is 4.80. The van der Waals surface area contributed by atoms with Crippen molar-refractivity contribution < 1.29 is 0 Å². The van der Waals surface area contributed by atoms with E-state index in [1.165, 1.54) is 32.5 Å². The van der Waals surface area contributed by atoms with E-state index >= 15 is 0 Å². The molecular weight excluding hydrogens is 224 g/mol. The Bertz CT molecular complexity index is 253. The van der Waals surface area contributed by atoms with Crippen LogP contribution in [0.4, 0.5) is 0 Å². The van der Waals surface area contributed by atoms with Gasteiger partial charge in [-0.2, -0.15) is 5.26 Å². The van der Waals surface area contributed by atoms with Gasteiger partial charge in [-0.05, 0) is 58.9 Å². The molecule has 0 aromatic rings. The highest BCUT2D eigenvalue weighted by Gasteiger charge is 2.18. The van der Waals surface area contributed by atoms with E-state index < -0.39 is 0 Å². The van der Waals surface area contributed by atoms with E-state index in [4.69, 9.17) is 5.26 Å². The first kappa shape index (κ1) is 15.4. The summed E-state index contributed by atoms with van der Waals surface area (Å²) in [7, 11) is 4.38. The van der Waals surface area contributed by atoms with Crippen molar-refractivity contribution in [1.29, 1.82) is 5.26 Å². The van der Waals surface area contributed by atoms with Crippen molar-refractivity contribution in [2.45, 2.75) is 32.2 Å². The molecule has 1 saturated heterocycles. The van der Waals surface area contributed by atoms with E-state index in [2.05, 4.69) is 35.3 Å². The molecule has 0 aromatic carbocycles.